The number of anilines is 1. The van der Waals surface area contributed by atoms with Crippen LogP contribution < -0.4 is 10.2 Å². The normalized spacial score (nSPS) is 14.5. The van der Waals surface area contributed by atoms with Crippen LogP contribution in [0, 0.1) is 6.92 Å². The Morgan fingerprint density at radius 1 is 1.30 bits per heavy atom. The highest BCUT2D eigenvalue weighted by atomic mass is 35.5. The number of fused-ring (bicyclic) bond motifs is 1. The van der Waals surface area contributed by atoms with Crippen LogP contribution in [0.25, 0.3) is 10.9 Å². The second-order valence-corrected chi connectivity index (χ2v) is 7.79. The number of ether oxygens (including phenoxy) is 1. The fourth-order valence-corrected chi connectivity index (χ4v) is 4.07. The van der Waals surface area contributed by atoms with Crippen molar-refractivity contribution in [1.29, 1.82) is 0 Å². The van der Waals surface area contributed by atoms with Gasteiger partial charge in [0.05, 0.1) is 24.1 Å². The molecule has 1 saturated heterocycles. The summed E-state index contributed by atoms with van der Waals surface area (Å²) in [5, 5.41) is 6.48. The molecule has 3 heterocycles. The molecule has 1 aromatic carbocycles. The smallest absolute Gasteiger partial charge is 0.289 e. The molecule has 0 spiro atoms. The summed E-state index contributed by atoms with van der Waals surface area (Å²) < 4.78 is 5.45. The number of amides is 1. The summed E-state index contributed by atoms with van der Waals surface area (Å²) in [4.78, 5) is 25.1. The lowest BCUT2D eigenvalue weighted by Crippen LogP contribution is -2.37. The quantitative estimate of drug-likeness (QED) is 0.724. The molecular formula is C19H19ClN4O2S. The van der Waals surface area contributed by atoms with Gasteiger partial charge in [0.1, 0.15) is 5.82 Å². The number of hydrogen-bond donors (Lipinski definition) is 1. The minimum Gasteiger partial charge on any atom is -0.378 e. The third-order valence-corrected chi connectivity index (χ3v) is 5.80. The molecule has 140 valence electrons. The number of halogens is 1. The summed E-state index contributed by atoms with van der Waals surface area (Å²) in [7, 11) is 0. The van der Waals surface area contributed by atoms with E-state index in [0.29, 0.717) is 24.8 Å². The number of carbonyl (C=O) groups is 1. The first kappa shape index (κ1) is 18.2. The van der Waals surface area contributed by atoms with Gasteiger partial charge >= 0.3 is 0 Å². The Hall–Kier alpha value is -2.22. The van der Waals surface area contributed by atoms with Gasteiger partial charge in [0, 0.05) is 34.9 Å². The minimum absolute atomic E-state index is 0.175. The third kappa shape index (κ3) is 3.76. The average molecular weight is 403 g/mol. The van der Waals surface area contributed by atoms with Crippen LogP contribution in [0.2, 0.25) is 5.02 Å². The van der Waals surface area contributed by atoms with E-state index in [4.69, 9.17) is 16.3 Å². The average Bonchev–Trinajstić information content (AvgIpc) is 3.08. The predicted octanol–water partition coefficient (Wildman–Crippen LogP) is 3.42. The Morgan fingerprint density at radius 3 is 2.85 bits per heavy atom. The number of aryl methyl sites for hydroxylation is 1. The SMILES string of the molecule is Cc1scc2nc(C(=O)NCc3ccccc3Cl)nc(N3CCOCC3)c12. The van der Waals surface area contributed by atoms with Crippen LogP contribution in [-0.2, 0) is 11.3 Å². The van der Waals surface area contributed by atoms with Crippen LogP contribution in [0.15, 0.2) is 29.6 Å². The highest BCUT2D eigenvalue weighted by Gasteiger charge is 2.22. The van der Waals surface area contributed by atoms with Crippen LogP contribution in [0.4, 0.5) is 5.82 Å². The Bertz CT molecular complexity index is 985. The van der Waals surface area contributed by atoms with Crippen molar-refractivity contribution in [3.8, 4) is 0 Å². The maximum atomic E-state index is 12.7. The van der Waals surface area contributed by atoms with Crippen molar-refractivity contribution in [2.75, 3.05) is 31.2 Å². The molecule has 1 aliphatic rings. The molecule has 0 saturated carbocycles. The molecule has 4 rings (SSSR count). The van der Waals surface area contributed by atoms with Gasteiger partial charge in [-0.1, -0.05) is 29.8 Å². The summed E-state index contributed by atoms with van der Waals surface area (Å²) in [6.07, 6.45) is 0. The molecule has 1 aliphatic heterocycles. The van der Waals surface area contributed by atoms with Gasteiger partial charge in [-0.15, -0.1) is 11.3 Å². The van der Waals surface area contributed by atoms with E-state index in [1.54, 1.807) is 17.4 Å². The van der Waals surface area contributed by atoms with E-state index in [2.05, 4.69) is 27.1 Å². The molecule has 8 heteroatoms. The zero-order valence-electron chi connectivity index (χ0n) is 14.9. The topological polar surface area (TPSA) is 67.4 Å². The highest BCUT2D eigenvalue weighted by molar-refractivity contribution is 7.11. The summed E-state index contributed by atoms with van der Waals surface area (Å²) in [6, 6.07) is 7.43. The molecule has 0 atom stereocenters. The van der Waals surface area contributed by atoms with E-state index in [1.165, 1.54) is 0 Å². The second-order valence-electron chi connectivity index (χ2n) is 6.30. The molecule has 3 aromatic rings. The van der Waals surface area contributed by atoms with Crippen molar-refractivity contribution in [2.45, 2.75) is 13.5 Å². The summed E-state index contributed by atoms with van der Waals surface area (Å²) in [6.45, 7) is 5.20. The molecule has 2 aromatic heterocycles. The van der Waals surface area contributed by atoms with Gasteiger partial charge in [0.2, 0.25) is 5.82 Å². The number of rotatable bonds is 4. The van der Waals surface area contributed by atoms with Crippen molar-refractivity contribution in [3.05, 3.63) is 50.9 Å². The van der Waals surface area contributed by atoms with E-state index in [0.717, 1.165) is 40.3 Å². The lowest BCUT2D eigenvalue weighted by Gasteiger charge is -2.28. The van der Waals surface area contributed by atoms with E-state index >= 15 is 0 Å². The van der Waals surface area contributed by atoms with Crippen LogP contribution in [0.1, 0.15) is 21.1 Å². The maximum Gasteiger partial charge on any atom is 0.289 e. The zero-order valence-corrected chi connectivity index (χ0v) is 16.4. The Labute approximate surface area is 166 Å². The second kappa shape index (κ2) is 7.80. The van der Waals surface area contributed by atoms with Gasteiger partial charge in [-0.2, -0.15) is 0 Å². The summed E-state index contributed by atoms with van der Waals surface area (Å²) >= 11 is 7.78. The first-order valence-corrected chi connectivity index (χ1v) is 9.99. The number of morpholine rings is 1. The van der Waals surface area contributed by atoms with Gasteiger partial charge < -0.3 is 15.0 Å². The Kier molecular flexibility index (Phi) is 5.24. The first-order valence-electron chi connectivity index (χ1n) is 8.73. The van der Waals surface area contributed by atoms with Gasteiger partial charge in [-0.25, -0.2) is 9.97 Å². The highest BCUT2D eigenvalue weighted by Crippen LogP contribution is 2.32. The van der Waals surface area contributed by atoms with Crippen LogP contribution in [0.3, 0.4) is 0 Å². The standard InChI is InChI=1S/C19H19ClN4O2S/c1-12-16-15(11-27-12)22-17(23-18(16)24-6-8-26-9-7-24)19(25)21-10-13-4-2-3-5-14(13)20/h2-5,11H,6-10H2,1H3,(H,21,25). The van der Waals surface area contributed by atoms with E-state index in [9.17, 15) is 4.79 Å². The van der Waals surface area contributed by atoms with E-state index < -0.39 is 0 Å². The van der Waals surface area contributed by atoms with Crippen LogP contribution in [-0.4, -0.2) is 42.2 Å². The molecule has 6 nitrogen and oxygen atoms in total. The number of carbonyl (C=O) groups excluding carboxylic acids is 1. The van der Waals surface area contributed by atoms with Crippen molar-refractivity contribution in [3.63, 3.8) is 0 Å². The number of aromatic nitrogens is 2. The molecule has 0 bridgehead atoms. The van der Waals surface area contributed by atoms with Crippen LogP contribution in [0.5, 0.6) is 0 Å². The minimum atomic E-state index is -0.310. The Morgan fingerprint density at radius 2 is 2.07 bits per heavy atom. The summed E-state index contributed by atoms with van der Waals surface area (Å²) in [5.41, 5.74) is 1.66. The summed E-state index contributed by atoms with van der Waals surface area (Å²) in [5.74, 6) is 0.675. The maximum absolute atomic E-state index is 12.7. The van der Waals surface area contributed by atoms with Gasteiger partial charge in [-0.05, 0) is 18.6 Å². The lowest BCUT2D eigenvalue weighted by atomic mass is 10.2. The fourth-order valence-electron chi connectivity index (χ4n) is 3.09. The molecule has 1 fully saturated rings. The first-order chi connectivity index (χ1) is 13.1. The van der Waals surface area contributed by atoms with E-state index in [1.807, 2.05) is 23.6 Å². The van der Waals surface area contributed by atoms with Crippen LogP contribution >= 0.6 is 22.9 Å². The number of thiophene rings is 1. The predicted molar refractivity (Wildman–Crippen MR) is 108 cm³/mol. The Balaban J connectivity index is 1.63. The molecule has 27 heavy (non-hydrogen) atoms. The third-order valence-electron chi connectivity index (χ3n) is 4.53. The molecule has 1 N–H and O–H groups in total. The van der Waals surface area contributed by atoms with E-state index in [-0.39, 0.29) is 11.7 Å². The fraction of sp³-hybridized carbons (Fsp3) is 0.316. The van der Waals surface area contributed by atoms with Gasteiger partial charge in [-0.3, -0.25) is 4.79 Å². The molecular weight excluding hydrogens is 384 g/mol. The number of hydrogen-bond acceptors (Lipinski definition) is 6. The number of nitrogens with zero attached hydrogens (tertiary/aromatic N) is 3. The number of nitrogens with one attached hydrogen (secondary N) is 1. The number of benzene rings is 1. The zero-order chi connectivity index (χ0) is 18.8. The van der Waals surface area contributed by atoms with Crippen molar-refractivity contribution in [2.24, 2.45) is 0 Å². The molecule has 0 aliphatic carbocycles. The van der Waals surface area contributed by atoms with Crippen molar-refractivity contribution >= 4 is 45.6 Å². The monoisotopic (exact) mass is 402 g/mol. The molecule has 1 amide bonds. The molecule has 0 radical (unpaired) electrons. The van der Waals surface area contributed by atoms with Gasteiger partial charge in [0.25, 0.3) is 5.91 Å². The lowest BCUT2D eigenvalue weighted by molar-refractivity contribution is 0.0940. The van der Waals surface area contributed by atoms with Gasteiger partial charge in [0.15, 0.2) is 0 Å². The largest absolute Gasteiger partial charge is 0.378 e. The van der Waals surface area contributed by atoms with Crippen molar-refractivity contribution < 1.29 is 9.53 Å². The molecule has 0 unspecified atom stereocenters. The van der Waals surface area contributed by atoms with Crippen molar-refractivity contribution in [1.82, 2.24) is 15.3 Å².